The molecule has 220 valence electrons. The van der Waals surface area contributed by atoms with Gasteiger partial charge < -0.3 is 14.6 Å². The predicted octanol–water partition coefficient (Wildman–Crippen LogP) is 3.84. The maximum Gasteiger partial charge on any atom is 0.328 e. The monoisotopic (exact) mass is 575 g/mol. The summed E-state index contributed by atoms with van der Waals surface area (Å²) in [5, 5.41) is 24.1. The number of hydrogen-bond acceptors (Lipinski definition) is 8. The summed E-state index contributed by atoms with van der Waals surface area (Å²) in [5.74, 6) is -0.434. The zero-order valence-corrected chi connectivity index (χ0v) is 23.9. The van der Waals surface area contributed by atoms with E-state index >= 15 is 4.39 Å². The average Bonchev–Trinajstić information content (AvgIpc) is 2.96. The largest absolute Gasteiger partial charge is 0.490 e. The van der Waals surface area contributed by atoms with Crippen molar-refractivity contribution in [2.45, 2.75) is 38.8 Å². The first-order chi connectivity index (χ1) is 20.1. The average molecular weight is 576 g/mol. The first-order valence-electron chi connectivity index (χ1n) is 13.9. The summed E-state index contributed by atoms with van der Waals surface area (Å²) >= 11 is 0. The Morgan fingerprint density at radius 2 is 1.98 bits per heavy atom. The maximum atomic E-state index is 16.2. The van der Waals surface area contributed by atoms with Crippen molar-refractivity contribution in [3.05, 3.63) is 65.1 Å². The fourth-order valence-electron chi connectivity index (χ4n) is 5.87. The molecule has 3 amide bonds. The van der Waals surface area contributed by atoms with E-state index in [-0.39, 0.29) is 36.2 Å². The van der Waals surface area contributed by atoms with Crippen molar-refractivity contribution in [2.24, 2.45) is 5.41 Å². The van der Waals surface area contributed by atoms with Gasteiger partial charge in [0, 0.05) is 56.1 Å². The van der Waals surface area contributed by atoms with Gasteiger partial charge in [-0.25, -0.2) is 9.18 Å². The van der Waals surface area contributed by atoms with Crippen LogP contribution in [0.25, 0.3) is 10.9 Å². The third kappa shape index (κ3) is 5.53. The Morgan fingerprint density at radius 1 is 1.17 bits per heavy atom. The summed E-state index contributed by atoms with van der Waals surface area (Å²) in [6.45, 7) is 6.32. The van der Waals surface area contributed by atoms with Crippen LogP contribution in [-0.2, 0) is 21.7 Å². The molecule has 2 aromatic carbocycles. The number of aliphatic hydroxyl groups is 1. The first-order valence-corrected chi connectivity index (χ1v) is 13.9. The van der Waals surface area contributed by atoms with E-state index in [0.29, 0.717) is 55.4 Å². The minimum atomic E-state index is -1.47. The molecule has 2 saturated heterocycles. The fraction of sp³-hybridized carbons (Fsp3) is 0.419. The number of benzene rings is 2. The number of rotatable bonds is 8. The molecular formula is C31H34FN5O5. The Kier molecular flexibility index (Phi) is 8.14. The number of nitriles is 1. The number of aromatic nitrogens is 1. The number of anilines is 1. The Labute approximate surface area is 243 Å². The lowest BCUT2D eigenvalue weighted by atomic mass is 9.66. The van der Waals surface area contributed by atoms with Crippen LogP contribution in [0.2, 0.25) is 0 Å². The summed E-state index contributed by atoms with van der Waals surface area (Å²) in [6, 6.07) is 11.9. The number of fused-ring (bicyclic) bond motifs is 1. The van der Waals surface area contributed by atoms with Crippen molar-refractivity contribution >= 4 is 28.5 Å². The molecule has 1 aromatic heterocycles. The van der Waals surface area contributed by atoms with E-state index in [9.17, 15) is 20.0 Å². The van der Waals surface area contributed by atoms with Crippen LogP contribution in [-0.4, -0.2) is 66.9 Å². The van der Waals surface area contributed by atoms with Gasteiger partial charge in [-0.3, -0.25) is 24.9 Å². The van der Waals surface area contributed by atoms with E-state index < -0.39 is 22.9 Å². The molecule has 11 heteroatoms. The maximum absolute atomic E-state index is 16.2. The second-order valence-electron chi connectivity index (χ2n) is 11.4. The molecule has 0 aliphatic carbocycles. The van der Waals surface area contributed by atoms with Gasteiger partial charge in [0.2, 0.25) is 5.91 Å². The van der Waals surface area contributed by atoms with Crippen LogP contribution in [0, 0.1) is 22.6 Å². The molecule has 2 aliphatic rings. The SMILES string of the molecule is COCCOc1ccc(CN2CC[C@](O)(c3ccc4ncc(N5CCC(=O)NC5=O)cc4c3F)C(C)(C)C2)cc1C#N. The van der Waals surface area contributed by atoms with Crippen LogP contribution in [0.15, 0.2) is 42.6 Å². The zero-order valence-electron chi connectivity index (χ0n) is 23.9. The van der Waals surface area contributed by atoms with Gasteiger partial charge in [-0.15, -0.1) is 0 Å². The molecule has 2 N–H and O–H groups in total. The third-order valence-electron chi connectivity index (χ3n) is 8.24. The second kappa shape index (κ2) is 11.6. The molecule has 3 aromatic rings. The van der Waals surface area contributed by atoms with Crippen molar-refractivity contribution < 1.29 is 28.6 Å². The van der Waals surface area contributed by atoms with Crippen molar-refractivity contribution in [1.82, 2.24) is 15.2 Å². The number of amides is 3. The van der Waals surface area contributed by atoms with Gasteiger partial charge in [-0.05, 0) is 36.2 Å². The number of pyridine rings is 1. The van der Waals surface area contributed by atoms with Crippen LogP contribution in [0.1, 0.15) is 43.4 Å². The number of carbonyl (C=O) groups excluding carboxylic acids is 2. The summed E-state index contributed by atoms with van der Waals surface area (Å²) in [7, 11) is 1.59. The predicted molar refractivity (Wildman–Crippen MR) is 153 cm³/mol. The minimum Gasteiger partial charge on any atom is -0.490 e. The molecule has 2 fully saturated rings. The Bertz CT molecular complexity index is 1570. The molecule has 5 rings (SSSR count). The number of likely N-dealkylation sites (tertiary alicyclic amines) is 1. The van der Waals surface area contributed by atoms with Crippen LogP contribution in [0.5, 0.6) is 5.75 Å². The van der Waals surface area contributed by atoms with Crippen molar-refractivity contribution in [3.8, 4) is 11.8 Å². The number of methoxy groups -OCH3 is 1. The molecule has 0 spiro atoms. The number of carbonyl (C=O) groups is 2. The highest BCUT2D eigenvalue weighted by Gasteiger charge is 2.50. The van der Waals surface area contributed by atoms with E-state index in [1.54, 1.807) is 25.3 Å². The number of urea groups is 1. The Morgan fingerprint density at radius 3 is 2.69 bits per heavy atom. The first kappa shape index (κ1) is 29.4. The third-order valence-corrected chi connectivity index (χ3v) is 8.24. The molecule has 10 nitrogen and oxygen atoms in total. The molecule has 0 saturated carbocycles. The summed E-state index contributed by atoms with van der Waals surface area (Å²) < 4.78 is 26.8. The molecule has 3 heterocycles. The number of imide groups is 1. The number of piperidine rings is 1. The standard InChI is InChI=1S/C31H34FN5O5/c1-30(2)19-36(18-20-4-7-26(21(14-20)16-33)42-13-12-41-3)11-9-31(30,40)24-5-6-25-23(28(24)32)15-22(17-34-25)37-10-8-27(38)35-29(37)39/h4-7,14-15,17,40H,8-13,18-19H2,1-3H3,(H,35,38,39)/t31-/m0/s1. The number of nitrogens with one attached hydrogen (secondary N) is 1. The van der Waals surface area contributed by atoms with Crippen molar-refractivity contribution in [1.29, 1.82) is 5.26 Å². The molecule has 2 aliphatic heterocycles. The van der Waals surface area contributed by atoms with Crippen molar-refractivity contribution in [2.75, 3.05) is 44.9 Å². The Balaban J connectivity index is 1.37. The van der Waals surface area contributed by atoms with Crippen molar-refractivity contribution in [3.63, 3.8) is 0 Å². The molecule has 0 radical (unpaired) electrons. The van der Waals surface area contributed by atoms with Crippen LogP contribution in [0.4, 0.5) is 14.9 Å². The Hall–Kier alpha value is -4.11. The quantitative estimate of drug-likeness (QED) is 0.388. The summed E-state index contributed by atoms with van der Waals surface area (Å²) in [6.07, 6.45) is 1.90. The minimum absolute atomic E-state index is 0.140. The highest BCUT2D eigenvalue weighted by molar-refractivity contribution is 6.06. The van der Waals surface area contributed by atoms with Gasteiger partial charge in [0.05, 0.1) is 35.2 Å². The normalized spacial score (nSPS) is 20.8. The summed E-state index contributed by atoms with van der Waals surface area (Å²) in [5.41, 5.74) is 0.123. The number of nitrogens with zero attached hydrogens (tertiary/aromatic N) is 4. The van der Waals surface area contributed by atoms with E-state index in [2.05, 4.69) is 21.3 Å². The van der Waals surface area contributed by atoms with E-state index in [1.165, 1.54) is 17.2 Å². The van der Waals surface area contributed by atoms with E-state index in [0.717, 1.165) is 5.56 Å². The second-order valence-corrected chi connectivity index (χ2v) is 11.4. The molecule has 0 unspecified atom stereocenters. The lowest BCUT2D eigenvalue weighted by molar-refractivity contribution is -0.128. The number of halogens is 1. The van der Waals surface area contributed by atoms with Gasteiger partial charge >= 0.3 is 6.03 Å². The highest BCUT2D eigenvalue weighted by atomic mass is 19.1. The zero-order chi connectivity index (χ0) is 30.1. The van der Waals surface area contributed by atoms with Crippen LogP contribution >= 0.6 is 0 Å². The van der Waals surface area contributed by atoms with Gasteiger partial charge in [0.1, 0.15) is 24.2 Å². The number of ether oxygens (including phenoxy) is 2. The molecule has 42 heavy (non-hydrogen) atoms. The van der Waals surface area contributed by atoms with Crippen LogP contribution in [0.3, 0.4) is 0 Å². The number of hydrogen-bond donors (Lipinski definition) is 2. The topological polar surface area (TPSA) is 128 Å². The van der Waals surface area contributed by atoms with Crippen LogP contribution < -0.4 is 15.0 Å². The van der Waals surface area contributed by atoms with E-state index in [1.807, 2.05) is 26.0 Å². The lowest BCUT2D eigenvalue weighted by Gasteiger charge is -2.50. The fourth-order valence-corrected chi connectivity index (χ4v) is 5.87. The van der Waals surface area contributed by atoms with Gasteiger partial charge in [0.25, 0.3) is 0 Å². The molecule has 0 bridgehead atoms. The molecule has 1 atom stereocenters. The van der Waals surface area contributed by atoms with Gasteiger partial charge in [-0.2, -0.15) is 5.26 Å². The highest BCUT2D eigenvalue weighted by Crippen LogP contribution is 2.48. The lowest BCUT2D eigenvalue weighted by Crippen LogP contribution is -2.55. The smallest absolute Gasteiger partial charge is 0.328 e. The van der Waals surface area contributed by atoms with E-state index in [4.69, 9.17) is 9.47 Å². The molecular weight excluding hydrogens is 541 g/mol. The summed E-state index contributed by atoms with van der Waals surface area (Å²) in [4.78, 5) is 31.8. The van der Waals surface area contributed by atoms with Gasteiger partial charge in [-0.1, -0.05) is 26.0 Å². The van der Waals surface area contributed by atoms with Gasteiger partial charge in [0.15, 0.2) is 0 Å².